The molecule has 0 aliphatic heterocycles. The molecule has 1 N–H and O–H groups in total. The van der Waals surface area contributed by atoms with Crippen LogP contribution in [0.15, 0.2) is 0 Å². The average Bonchev–Trinajstić information content (AvgIpc) is 2.01. The second-order valence-corrected chi connectivity index (χ2v) is 4.15. The summed E-state index contributed by atoms with van der Waals surface area (Å²) in [5.74, 6) is -1.24. The zero-order valence-corrected chi connectivity index (χ0v) is 8.12. The van der Waals surface area contributed by atoms with Crippen molar-refractivity contribution < 1.29 is 13.2 Å². The molecule has 0 bridgehead atoms. The fourth-order valence-corrected chi connectivity index (χ4v) is 2.18. The third-order valence-corrected chi connectivity index (χ3v) is 2.88. The molecule has 1 fully saturated rings. The largest absolute Gasteiger partial charge is 0.391 e. The van der Waals surface area contributed by atoms with Gasteiger partial charge in [-0.3, -0.25) is 0 Å². The molecule has 0 aromatic heterocycles. The van der Waals surface area contributed by atoms with Crippen LogP contribution in [0.3, 0.4) is 0 Å². The maximum Gasteiger partial charge on any atom is 0.391 e. The molecule has 3 unspecified atom stereocenters. The van der Waals surface area contributed by atoms with E-state index in [2.05, 4.69) is 5.32 Å². The summed E-state index contributed by atoms with van der Waals surface area (Å²) < 4.78 is 37.0. The van der Waals surface area contributed by atoms with Gasteiger partial charge in [-0.1, -0.05) is 0 Å². The van der Waals surface area contributed by atoms with Crippen molar-refractivity contribution in [3.63, 3.8) is 0 Å². The van der Waals surface area contributed by atoms with Crippen LogP contribution < -0.4 is 5.32 Å². The molecule has 0 aromatic carbocycles. The summed E-state index contributed by atoms with van der Waals surface area (Å²) in [7, 11) is 1.67. The zero-order chi connectivity index (χ0) is 10.1. The Bertz CT molecular complexity index is 171. The van der Waals surface area contributed by atoms with Crippen molar-refractivity contribution in [3.8, 4) is 0 Å². The van der Waals surface area contributed by atoms with Crippen molar-refractivity contribution in [2.75, 3.05) is 7.05 Å². The number of hydrogen-bond acceptors (Lipinski definition) is 1. The Morgan fingerprint density at radius 2 is 1.85 bits per heavy atom. The van der Waals surface area contributed by atoms with Gasteiger partial charge in [-0.2, -0.15) is 13.2 Å². The average molecular weight is 216 g/mol. The van der Waals surface area contributed by atoms with Crippen LogP contribution in [0.1, 0.15) is 19.3 Å². The third-order valence-electron chi connectivity index (χ3n) is 2.52. The van der Waals surface area contributed by atoms with Gasteiger partial charge in [0.05, 0.1) is 5.92 Å². The third kappa shape index (κ3) is 3.02. The summed E-state index contributed by atoms with van der Waals surface area (Å²) in [6.07, 6.45) is -3.25. The van der Waals surface area contributed by atoms with E-state index in [0.717, 1.165) is 0 Å². The monoisotopic (exact) mass is 215 g/mol. The highest BCUT2D eigenvalue weighted by Crippen LogP contribution is 2.39. The smallest absolute Gasteiger partial charge is 0.317 e. The van der Waals surface area contributed by atoms with Gasteiger partial charge in [-0.25, -0.2) is 0 Å². The van der Waals surface area contributed by atoms with Crippen LogP contribution in [-0.4, -0.2) is 24.6 Å². The van der Waals surface area contributed by atoms with Crippen LogP contribution >= 0.6 is 11.6 Å². The summed E-state index contributed by atoms with van der Waals surface area (Å²) in [4.78, 5) is 0. The van der Waals surface area contributed by atoms with Crippen LogP contribution in [-0.2, 0) is 0 Å². The standard InChI is InChI=1S/C8H13ClF3N/c1-13-7-3-5(8(10,11)12)2-6(9)4-7/h5-7,13H,2-4H2,1H3. The summed E-state index contributed by atoms with van der Waals surface area (Å²) in [5, 5.41) is 2.50. The van der Waals surface area contributed by atoms with E-state index in [9.17, 15) is 13.2 Å². The van der Waals surface area contributed by atoms with Gasteiger partial charge in [0.25, 0.3) is 0 Å². The quantitative estimate of drug-likeness (QED) is 0.663. The zero-order valence-electron chi connectivity index (χ0n) is 7.37. The predicted molar refractivity (Wildman–Crippen MR) is 45.9 cm³/mol. The highest BCUT2D eigenvalue weighted by Gasteiger charge is 2.44. The molecular weight excluding hydrogens is 203 g/mol. The molecule has 5 heteroatoms. The van der Waals surface area contributed by atoms with E-state index in [1.807, 2.05) is 0 Å². The first kappa shape index (κ1) is 11.1. The molecular formula is C8H13ClF3N. The number of hydrogen-bond donors (Lipinski definition) is 1. The molecule has 0 amide bonds. The minimum atomic E-state index is -4.09. The van der Waals surface area contributed by atoms with Gasteiger partial charge in [0.15, 0.2) is 0 Å². The maximum atomic E-state index is 12.3. The molecule has 0 heterocycles. The van der Waals surface area contributed by atoms with Crippen molar-refractivity contribution >= 4 is 11.6 Å². The second kappa shape index (κ2) is 4.05. The molecule has 13 heavy (non-hydrogen) atoms. The summed E-state index contributed by atoms with van der Waals surface area (Å²) >= 11 is 5.75. The van der Waals surface area contributed by atoms with Crippen LogP contribution in [0, 0.1) is 5.92 Å². The van der Waals surface area contributed by atoms with E-state index >= 15 is 0 Å². The van der Waals surface area contributed by atoms with Gasteiger partial charge in [0.2, 0.25) is 0 Å². The van der Waals surface area contributed by atoms with Crippen LogP contribution in [0.4, 0.5) is 13.2 Å². The molecule has 1 aliphatic carbocycles. The molecule has 1 saturated carbocycles. The Labute approximate surface area is 80.6 Å². The fourth-order valence-electron chi connectivity index (χ4n) is 1.75. The lowest BCUT2D eigenvalue weighted by Crippen LogP contribution is -2.40. The number of alkyl halides is 4. The highest BCUT2D eigenvalue weighted by atomic mass is 35.5. The lowest BCUT2D eigenvalue weighted by Gasteiger charge is -2.33. The van der Waals surface area contributed by atoms with E-state index in [1.54, 1.807) is 7.05 Å². The van der Waals surface area contributed by atoms with Crippen molar-refractivity contribution in [2.24, 2.45) is 5.92 Å². The Kier molecular flexibility index (Phi) is 3.46. The van der Waals surface area contributed by atoms with E-state index in [0.29, 0.717) is 6.42 Å². The predicted octanol–water partition coefficient (Wildman–Crippen LogP) is 2.54. The van der Waals surface area contributed by atoms with Crippen LogP contribution in [0.25, 0.3) is 0 Å². The van der Waals surface area contributed by atoms with Gasteiger partial charge in [0.1, 0.15) is 0 Å². The first-order valence-electron chi connectivity index (χ1n) is 4.31. The SMILES string of the molecule is CNC1CC(Cl)CC(C(F)(F)F)C1. The molecule has 3 atom stereocenters. The molecule has 1 nitrogen and oxygen atoms in total. The molecule has 1 rings (SSSR count). The highest BCUT2D eigenvalue weighted by molar-refractivity contribution is 6.20. The summed E-state index contributed by atoms with van der Waals surface area (Å²) in [6.45, 7) is 0. The lowest BCUT2D eigenvalue weighted by atomic mass is 9.85. The minimum absolute atomic E-state index is 0.0588. The van der Waals surface area contributed by atoms with Crippen molar-refractivity contribution in [2.45, 2.75) is 36.9 Å². The molecule has 78 valence electrons. The van der Waals surface area contributed by atoms with Gasteiger partial charge in [-0.05, 0) is 26.3 Å². The van der Waals surface area contributed by atoms with E-state index in [1.165, 1.54) is 0 Å². The number of rotatable bonds is 1. The topological polar surface area (TPSA) is 12.0 Å². The van der Waals surface area contributed by atoms with Gasteiger partial charge in [-0.15, -0.1) is 11.6 Å². The molecule has 0 aromatic rings. The minimum Gasteiger partial charge on any atom is -0.317 e. The number of halogens is 4. The Morgan fingerprint density at radius 1 is 1.23 bits per heavy atom. The Hall–Kier alpha value is 0.0400. The fraction of sp³-hybridized carbons (Fsp3) is 1.00. The van der Waals surface area contributed by atoms with Crippen molar-refractivity contribution in [1.29, 1.82) is 0 Å². The van der Waals surface area contributed by atoms with E-state index in [-0.39, 0.29) is 24.3 Å². The van der Waals surface area contributed by atoms with Crippen molar-refractivity contribution in [1.82, 2.24) is 5.32 Å². The first-order chi connectivity index (χ1) is 5.93. The normalized spacial score (nSPS) is 36.2. The molecule has 0 saturated heterocycles. The Morgan fingerprint density at radius 3 is 2.31 bits per heavy atom. The molecule has 1 aliphatic rings. The van der Waals surface area contributed by atoms with E-state index in [4.69, 9.17) is 11.6 Å². The molecule has 0 spiro atoms. The summed E-state index contributed by atoms with van der Waals surface area (Å²) in [5.41, 5.74) is 0. The van der Waals surface area contributed by atoms with E-state index < -0.39 is 12.1 Å². The second-order valence-electron chi connectivity index (χ2n) is 3.53. The Balaban J connectivity index is 2.57. The number of nitrogens with one attached hydrogen (secondary N) is 1. The van der Waals surface area contributed by atoms with Gasteiger partial charge in [0, 0.05) is 11.4 Å². The van der Waals surface area contributed by atoms with Crippen molar-refractivity contribution in [3.05, 3.63) is 0 Å². The van der Waals surface area contributed by atoms with Gasteiger partial charge < -0.3 is 5.32 Å². The maximum absolute atomic E-state index is 12.3. The summed E-state index contributed by atoms with van der Waals surface area (Å²) in [6, 6.07) is -0.0946. The lowest BCUT2D eigenvalue weighted by molar-refractivity contribution is -0.183. The first-order valence-corrected chi connectivity index (χ1v) is 4.75. The van der Waals surface area contributed by atoms with Gasteiger partial charge >= 0.3 is 6.18 Å². The molecule has 0 radical (unpaired) electrons. The van der Waals surface area contributed by atoms with Crippen LogP contribution in [0.5, 0.6) is 0 Å². The van der Waals surface area contributed by atoms with Crippen LogP contribution in [0.2, 0.25) is 0 Å².